The van der Waals surface area contributed by atoms with Gasteiger partial charge in [0.05, 0.1) is 7.11 Å². The number of hydrogen-bond donors (Lipinski definition) is 0. The largest absolute Gasteiger partial charge is 0.469 e. The van der Waals surface area contributed by atoms with Crippen molar-refractivity contribution in [3.63, 3.8) is 0 Å². The van der Waals surface area contributed by atoms with E-state index in [1.165, 1.54) is 54.3 Å². The molecule has 0 aliphatic carbocycles. The molecule has 5 heterocycles. The standard InChI is InChI=1S/C15H17NO3.2C15H19NO.C14H16FNO.C11H11NO/c1-11-13(9-6-10-14(17)18-2)19-16-15(11)12-7-4-3-5-8-12;2*1-4-5-6-14-12(3)15(16-17-14)13-9-7-11(2)8-10-13;1-3-4-5-13-10(2)14(16-17-13)11-6-8-12(15)9-7-11;1-8-9(2)13-12-11(8)10-6-4-3-5-7-10/h3-5,7-8H,6,9-10H2,1-2H3;2*7-10H,4-6H2,1-3H3;6-9H,3-5H2,1-2H3;3-7H,1-2H3. The predicted octanol–water partition coefficient (Wildman–Crippen LogP) is 18.8. The number of methoxy groups -OCH3 is 1. The lowest BCUT2D eigenvalue weighted by atomic mass is 10.0. The maximum atomic E-state index is 12.8. The second-order valence-electron chi connectivity index (χ2n) is 20.7. The van der Waals surface area contributed by atoms with E-state index in [0.717, 1.165) is 147 Å². The molecule has 0 radical (unpaired) electrons. The lowest BCUT2D eigenvalue weighted by Gasteiger charge is -1.99. The molecule has 13 heteroatoms. The van der Waals surface area contributed by atoms with E-state index in [9.17, 15) is 9.18 Å². The van der Waals surface area contributed by atoms with Crippen molar-refractivity contribution in [3.8, 4) is 56.3 Å². The zero-order chi connectivity index (χ0) is 59.7. The molecule has 5 aromatic heterocycles. The molecule has 0 spiro atoms. The monoisotopic (exact) mass is 1120 g/mol. The highest BCUT2D eigenvalue weighted by atomic mass is 19.1. The van der Waals surface area contributed by atoms with Gasteiger partial charge in [0.1, 0.15) is 63.1 Å². The molecular formula is C70H82FN5O7. The minimum Gasteiger partial charge on any atom is -0.469 e. The molecule has 436 valence electrons. The van der Waals surface area contributed by atoms with Crippen LogP contribution in [-0.2, 0) is 35.2 Å². The number of hydrogen-bond acceptors (Lipinski definition) is 12. The van der Waals surface area contributed by atoms with E-state index in [4.69, 9.17) is 22.6 Å². The molecular weight excluding hydrogens is 1040 g/mol. The van der Waals surface area contributed by atoms with Crippen molar-refractivity contribution < 1.29 is 36.5 Å². The van der Waals surface area contributed by atoms with Gasteiger partial charge in [0.15, 0.2) is 0 Å². The molecule has 0 saturated carbocycles. The molecule has 10 aromatic rings. The van der Waals surface area contributed by atoms with Crippen molar-refractivity contribution in [1.82, 2.24) is 25.8 Å². The second kappa shape index (κ2) is 32.9. The Morgan fingerprint density at radius 3 is 0.976 bits per heavy atom. The second-order valence-corrected chi connectivity index (χ2v) is 20.7. The van der Waals surface area contributed by atoms with Crippen LogP contribution < -0.4 is 0 Å². The maximum absolute atomic E-state index is 12.8. The fourth-order valence-electron chi connectivity index (χ4n) is 8.91. The first-order valence-electron chi connectivity index (χ1n) is 29.0. The van der Waals surface area contributed by atoms with Crippen LogP contribution in [0, 0.1) is 61.2 Å². The Kier molecular flexibility index (Phi) is 25.2. The summed E-state index contributed by atoms with van der Waals surface area (Å²) in [5, 5.41) is 20.6. The van der Waals surface area contributed by atoms with Gasteiger partial charge in [0.2, 0.25) is 0 Å². The minimum atomic E-state index is -0.235. The van der Waals surface area contributed by atoms with Gasteiger partial charge in [-0.05, 0) is 105 Å². The third-order valence-corrected chi connectivity index (χ3v) is 14.4. The van der Waals surface area contributed by atoms with Crippen molar-refractivity contribution in [2.45, 2.75) is 153 Å². The maximum Gasteiger partial charge on any atom is 0.305 e. The highest BCUT2D eigenvalue weighted by Gasteiger charge is 2.17. The fourth-order valence-corrected chi connectivity index (χ4v) is 8.91. The number of rotatable bonds is 18. The molecule has 10 rings (SSSR count). The highest BCUT2D eigenvalue weighted by Crippen LogP contribution is 2.30. The van der Waals surface area contributed by atoms with Crippen molar-refractivity contribution in [2.24, 2.45) is 0 Å². The molecule has 0 fully saturated rings. The summed E-state index contributed by atoms with van der Waals surface area (Å²) in [5.74, 6) is 4.29. The zero-order valence-electron chi connectivity index (χ0n) is 50.7. The molecule has 5 aromatic carbocycles. The molecule has 0 bridgehead atoms. The number of benzene rings is 5. The number of aryl methyl sites for hydroxylation is 7. The summed E-state index contributed by atoms with van der Waals surface area (Å²) in [6.45, 7) is 22.8. The Bertz CT molecular complexity index is 3260. The number of aromatic nitrogens is 5. The number of unbranched alkanes of at least 4 members (excludes halogenated alkanes) is 3. The molecule has 83 heavy (non-hydrogen) atoms. The number of esters is 1. The van der Waals surface area contributed by atoms with Crippen LogP contribution in [0.4, 0.5) is 4.39 Å². The first-order chi connectivity index (χ1) is 40.2. The average molecular weight is 1120 g/mol. The first-order valence-corrected chi connectivity index (χ1v) is 29.0. The van der Waals surface area contributed by atoms with E-state index in [-0.39, 0.29) is 11.8 Å². The summed E-state index contributed by atoms with van der Waals surface area (Å²) >= 11 is 0. The average Bonchev–Trinajstić information content (AvgIpc) is 4.42. The molecule has 12 nitrogen and oxygen atoms in total. The number of nitrogens with zero attached hydrogens (tertiary/aromatic N) is 5. The number of carbonyl (C=O) groups excluding carboxylic acids is 1. The lowest BCUT2D eigenvalue weighted by molar-refractivity contribution is -0.140. The first kappa shape index (κ1) is 63.7. The summed E-state index contributed by atoms with van der Waals surface area (Å²) in [6, 6.07) is 43.1. The Labute approximate surface area is 489 Å². The Balaban J connectivity index is 0.000000167. The Morgan fingerprint density at radius 2 is 0.675 bits per heavy atom. The van der Waals surface area contributed by atoms with Crippen LogP contribution in [0.5, 0.6) is 0 Å². The topological polar surface area (TPSA) is 156 Å². The van der Waals surface area contributed by atoms with Crippen molar-refractivity contribution in [1.29, 1.82) is 0 Å². The third-order valence-electron chi connectivity index (χ3n) is 14.4. The van der Waals surface area contributed by atoms with Crippen LogP contribution >= 0.6 is 0 Å². The predicted molar refractivity (Wildman–Crippen MR) is 328 cm³/mol. The van der Waals surface area contributed by atoms with Crippen LogP contribution in [0.2, 0.25) is 0 Å². The van der Waals surface area contributed by atoms with Crippen LogP contribution in [0.3, 0.4) is 0 Å². The normalized spacial score (nSPS) is 10.6. The summed E-state index contributed by atoms with van der Waals surface area (Å²) < 4.78 is 44.1. The third kappa shape index (κ3) is 18.5. The molecule has 0 atom stereocenters. The SMILES string of the molecule is CCCCc1onc(-c2ccc(C)cc2)c1C.CCCCc1onc(-c2ccc(C)cc2)c1C.CCCCc1onc(-c2ccc(F)cc2)c1C.COC(=O)CCCc1onc(-c2ccccc2)c1C.Cc1onc(-c2ccccc2)c1C. The van der Waals surface area contributed by atoms with E-state index in [1.807, 2.05) is 88.4 Å². The van der Waals surface area contributed by atoms with Gasteiger partial charge in [-0.3, -0.25) is 4.79 Å². The van der Waals surface area contributed by atoms with Gasteiger partial charge in [-0.15, -0.1) is 0 Å². The molecule has 0 unspecified atom stereocenters. The number of halogens is 1. The lowest BCUT2D eigenvalue weighted by Crippen LogP contribution is -2.00. The summed E-state index contributed by atoms with van der Waals surface area (Å²) in [4.78, 5) is 11.0. The molecule has 0 saturated heterocycles. The van der Waals surface area contributed by atoms with Crippen LogP contribution in [0.25, 0.3) is 56.3 Å². The van der Waals surface area contributed by atoms with Gasteiger partial charge >= 0.3 is 5.97 Å². The van der Waals surface area contributed by atoms with Gasteiger partial charge in [0.25, 0.3) is 0 Å². The van der Waals surface area contributed by atoms with Gasteiger partial charge in [-0.1, -0.05) is 186 Å². The fraction of sp³-hybridized carbons (Fsp3) is 0.343. The molecule has 0 aliphatic rings. The van der Waals surface area contributed by atoms with Gasteiger partial charge < -0.3 is 27.4 Å². The van der Waals surface area contributed by atoms with Crippen LogP contribution in [0.15, 0.2) is 156 Å². The van der Waals surface area contributed by atoms with E-state index >= 15 is 0 Å². The van der Waals surface area contributed by atoms with Gasteiger partial charge in [0, 0.05) is 87.7 Å². The van der Waals surface area contributed by atoms with Crippen molar-refractivity contribution >= 4 is 5.97 Å². The van der Waals surface area contributed by atoms with E-state index < -0.39 is 0 Å². The van der Waals surface area contributed by atoms with Crippen molar-refractivity contribution in [3.05, 3.63) is 207 Å². The van der Waals surface area contributed by atoms with Gasteiger partial charge in [-0.25, -0.2) is 4.39 Å². The number of carbonyl (C=O) groups is 1. The summed E-state index contributed by atoms with van der Waals surface area (Å²) in [5.41, 5.74) is 18.0. The highest BCUT2D eigenvalue weighted by molar-refractivity contribution is 5.69. The Hall–Kier alpha value is -8.45. The summed E-state index contributed by atoms with van der Waals surface area (Å²) in [7, 11) is 1.40. The smallest absolute Gasteiger partial charge is 0.305 e. The van der Waals surface area contributed by atoms with Gasteiger partial charge in [-0.2, -0.15) is 0 Å². The molecule has 0 amide bonds. The Morgan fingerprint density at radius 1 is 0.386 bits per heavy atom. The summed E-state index contributed by atoms with van der Waals surface area (Å²) in [6.07, 6.45) is 11.6. The van der Waals surface area contributed by atoms with E-state index in [2.05, 4.69) is 128 Å². The number of ether oxygens (including phenoxy) is 1. The van der Waals surface area contributed by atoms with E-state index in [1.54, 1.807) is 12.1 Å². The molecule has 0 N–H and O–H groups in total. The van der Waals surface area contributed by atoms with Crippen LogP contribution in [0.1, 0.15) is 140 Å². The quantitative estimate of drug-likeness (QED) is 0.0750. The van der Waals surface area contributed by atoms with Crippen LogP contribution in [-0.4, -0.2) is 38.9 Å². The molecule has 0 aliphatic heterocycles. The van der Waals surface area contributed by atoms with Crippen molar-refractivity contribution in [2.75, 3.05) is 7.11 Å². The van der Waals surface area contributed by atoms with E-state index in [0.29, 0.717) is 19.3 Å². The minimum absolute atomic E-state index is 0.194. The zero-order valence-corrected chi connectivity index (χ0v) is 50.7.